The highest BCUT2D eigenvalue weighted by Crippen LogP contribution is 2.36. The molecule has 4 rings (SSSR count). The van der Waals surface area contributed by atoms with Crippen molar-refractivity contribution >= 4 is 34.4 Å². The Bertz CT molecular complexity index is 1200. The largest absolute Gasteiger partial charge is 0.454 e. The van der Waals surface area contributed by atoms with E-state index in [-0.39, 0.29) is 24.5 Å². The van der Waals surface area contributed by atoms with E-state index >= 15 is 0 Å². The number of fused-ring (bicyclic) bond motifs is 1. The van der Waals surface area contributed by atoms with E-state index in [2.05, 4.69) is 38.2 Å². The van der Waals surface area contributed by atoms with Gasteiger partial charge in [-0.3, -0.25) is 9.59 Å². The number of alkyl halides is 1. The second-order valence-corrected chi connectivity index (χ2v) is 8.88. The molecule has 2 heterocycles. The summed E-state index contributed by atoms with van der Waals surface area (Å²) in [6, 6.07) is 16.1. The molecule has 0 saturated heterocycles. The van der Waals surface area contributed by atoms with Crippen molar-refractivity contribution in [1.29, 1.82) is 0 Å². The Balaban J connectivity index is 1.41. The van der Waals surface area contributed by atoms with E-state index in [1.165, 1.54) is 0 Å². The average molecular weight is 573 g/mol. The molecule has 2 N–H and O–H groups in total. The number of rotatable bonds is 8. The molecular formula is C25H24IN3O5. The quantitative estimate of drug-likeness (QED) is 0.237. The zero-order valence-electron chi connectivity index (χ0n) is 18.8. The fourth-order valence-electron chi connectivity index (χ4n) is 3.43. The number of halogens is 1. The third kappa shape index (κ3) is 5.24. The fraction of sp³-hybridized carbons (Fsp3) is 0.240. The molecule has 0 saturated carbocycles. The Labute approximate surface area is 211 Å². The maximum atomic E-state index is 12.9. The number of benzene rings is 2. The van der Waals surface area contributed by atoms with E-state index < -0.39 is 5.41 Å². The van der Waals surface area contributed by atoms with E-state index in [9.17, 15) is 9.59 Å². The topological polar surface area (TPSA) is 98.8 Å². The molecule has 0 radical (unpaired) electrons. The Morgan fingerprint density at radius 3 is 2.59 bits per heavy atom. The number of aromatic nitrogens is 1. The van der Waals surface area contributed by atoms with Crippen LogP contribution >= 0.6 is 22.6 Å². The third-order valence-corrected chi connectivity index (χ3v) is 5.88. The van der Waals surface area contributed by atoms with E-state index in [0.717, 1.165) is 11.1 Å². The number of nitrogens with one attached hydrogen (secondary N) is 2. The molecule has 1 aromatic heterocycles. The summed E-state index contributed by atoms with van der Waals surface area (Å²) in [5.74, 6) is 1.56. The van der Waals surface area contributed by atoms with E-state index in [1.807, 2.05) is 38.1 Å². The van der Waals surface area contributed by atoms with Crippen LogP contribution in [0, 0.1) is 0 Å². The van der Waals surface area contributed by atoms with Gasteiger partial charge >= 0.3 is 0 Å². The molecule has 1 aliphatic heterocycles. The van der Waals surface area contributed by atoms with E-state index in [4.69, 9.17) is 14.2 Å². The number of pyridine rings is 1. The number of nitrogens with zero attached hydrogens (tertiary/aromatic N) is 1. The predicted molar refractivity (Wildman–Crippen MR) is 135 cm³/mol. The molecule has 8 nitrogen and oxygen atoms in total. The van der Waals surface area contributed by atoms with Gasteiger partial charge in [0.2, 0.25) is 18.6 Å². The number of carbonyl (C=O) groups excluding carboxylic acids is 2. The van der Waals surface area contributed by atoms with Crippen LogP contribution in [0.2, 0.25) is 0 Å². The standard InChI is InChI=1S/C25H24IN3O5/c1-25(2,24(31)29-14-26)17-7-5-16(6-8-17)13-28-22(30)19-4-3-11-27-23(19)34-18-9-10-20-21(12-18)33-15-32-20/h3-12H,13-15H2,1-2H3,(H,28,30)(H,29,31). The van der Waals surface area contributed by atoms with Gasteiger partial charge in [0.25, 0.3) is 5.91 Å². The van der Waals surface area contributed by atoms with Crippen molar-refractivity contribution in [1.82, 2.24) is 15.6 Å². The average Bonchev–Trinajstić information content (AvgIpc) is 3.31. The van der Waals surface area contributed by atoms with Crippen molar-refractivity contribution in [2.75, 3.05) is 11.3 Å². The minimum Gasteiger partial charge on any atom is -0.454 e. The van der Waals surface area contributed by atoms with Crippen molar-refractivity contribution in [2.24, 2.45) is 0 Å². The fourth-order valence-corrected chi connectivity index (χ4v) is 3.77. The molecule has 0 atom stereocenters. The molecule has 2 aromatic carbocycles. The molecule has 176 valence electrons. The van der Waals surface area contributed by atoms with E-state index in [0.29, 0.717) is 33.9 Å². The Hall–Kier alpha value is -3.34. The van der Waals surface area contributed by atoms with Crippen LogP contribution in [0.25, 0.3) is 0 Å². The summed E-state index contributed by atoms with van der Waals surface area (Å²) in [5, 5.41) is 5.75. The SMILES string of the molecule is CC(C)(C(=O)NCI)c1ccc(CNC(=O)c2cccnc2Oc2ccc3c(c2)OCO3)cc1. The van der Waals surface area contributed by atoms with E-state index in [1.54, 1.807) is 36.5 Å². The van der Waals surface area contributed by atoms with Crippen LogP contribution in [0.4, 0.5) is 0 Å². The summed E-state index contributed by atoms with van der Waals surface area (Å²) >= 11 is 2.11. The van der Waals surface area contributed by atoms with Gasteiger partial charge in [-0.15, -0.1) is 0 Å². The lowest BCUT2D eigenvalue weighted by atomic mass is 9.83. The van der Waals surface area contributed by atoms with Crippen LogP contribution in [0.1, 0.15) is 35.3 Å². The van der Waals surface area contributed by atoms with Crippen LogP contribution in [-0.2, 0) is 16.8 Å². The van der Waals surface area contributed by atoms with Gasteiger partial charge < -0.3 is 24.8 Å². The minimum atomic E-state index is -0.649. The van der Waals surface area contributed by atoms with Crippen LogP contribution in [0.5, 0.6) is 23.1 Å². The molecule has 9 heteroatoms. The zero-order chi connectivity index (χ0) is 24.1. The second-order valence-electron chi connectivity index (χ2n) is 8.12. The lowest BCUT2D eigenvalue weighted by molar-refractivity contribution is -0.125. The minimum absolute atomic E-state index is 0.0329. The van der Waals surface area contributed by atoms with Crippen LogP contribution in [0.3, 0.4) is 0 Å². The lowest BCUT2D eigenvalue weighted by Crippen LogP contribution is -2.39. The van der Waals surface area contributed by atoms with Crippen molar-refractivity contribution in [3.05, 3.63) is 77.5 Å². The molecular weight excluding hydrogens is 549 g/mol. The molecule has 0 bridgehead atoms. The highest BCUT2D eigenvalue weighted by atomic mass is 127. The monoisotopic (exact) mass is 573 g/mol. The highest BCUT2D eigenvalue weighted by molar-refractivity contribution is 14.1. The van der Waals surface area contributed by atoms with Crippen molar-refractivity contribution in [3.63, 3.8) is 0 Å². The number of amides is 2. The smallest absolute Gasteiger partial charge is 0.257 e. The van der Waals surface area contributed by atoms with Gasteiger partial charge in [-0.25, -0.2) is 4.98 Å². The third-order valence-electron chi connectivity index (χ3n) is 5.50. The van der Waals surface area contributed by atoms with Gasteiger partial charge in [-0.2, -0.15) is 0 Å². The first-order valence-corrected chi connectivity index (χ1v) is 12.2. The Morgan fingerprint density at radius 2 is 1.82 bits per heavy atom. The maximum Gasteiger partial charge on any atom is 0.257 e. The predicted octanol–water partition coefficient (Wildman–Crippen LogP) is 4.32. The molecule has 1 aliphatic rings. The highest BCUT2D eigenvalue weighted by Gasteiger charge is 2.29. The van der Waals surface area contributed by atoms with Gasteiger partial charge in [0.1, 0.15) is 11.3 Å². The summed E-state index contributed by atoms with van der Waals surface area (Å²) < 4.78 is 17.1. The van der Waals surface area contributed by atoms with Gasteiger partial charge in [0, 0.05) is 18.8 Å². The van der Waals surface area contributed by atoms with Gasteiger partial charge in [-0.05, 0) is 49.2 Å². The van der Waals surface area contributed by atoms with Crippen LogP contribution < -0.4 is 24.8 Å². The number of hydrogen-bond donors (Lipinski definition) is 2. The summed E-state index contributed by atoms with van der Waals surface area (Å²) in [5.41, 5.74) is 1.47. The Morgan fingerprint density at radius 1 is 1.06 bits per heavy atom. The Kier molecular flexibility index (Phi) is 7.20. The number of hydrogen-bond acceptors (Lipinski definition) is 6. The lowest BCUT2D eigenvalue weighted by Gasteiger charge is -2.24. The molecule has 0 unspecified atom stereocenters. The molecule has 0 aliphatic carbocycles. The first-order valence-electron chi connectivity index (χ1n) is 10.6. The summed E-state index contributed by atoms with van der Waals surface area (Å²) in [4.78, 5) is 29.4. The molecule has 0 fully saturated rings. The molecule has 34 heavy (non-hydrogen) atoms. The van der Waals surface area contributed by atoms with Crippen LogP contribution in [-0.4, -0.2) is 28.1 Å². The normalized spacial score (nSPS) is 12.2. The summed E-state index contributed by atoms with van der Waals surface area (Å²) in [6.07, 6.45) is 1.56. The van der Waals surface area contributed by atoms with Crippen LogP contribution in [0.15, 0.2) is 60.8 Å². The summed E-state index contributed by atoms with van der Waals surface area (Å²) in [7, 11) is 0. The first kappa shape index (κ1) is 23.8. The number of ether oxygens (including phenoxy) is 3. The molecule has 3 aromatic rings. The molecule has 2 amide bonds. The zero-order valence-corrected chi connectivity index (χ0v) is 20.9. The first-order chi connectivity index (χ1) is 16.4. The maximum absolute atomic E-state index is 12.9. The number of carbonyl (C=O) groups is 2. The van der Waals surface area contributed by atoms with Crippen molar-refractivity contribution in [2.45, 2.75) is 25.8 Å². The second kappa shape index (κ2) is 10.3. The summed E-state index contributed by atoms with van der Waals surface area (Å²) in [6.45, 7) is 4.25. The molecule has 0 spiro atoms. The van der Waals surface area contributed by atoms with Crippen molar-refractivity contribution in [3.8, 4) is 23.1 Å². The van der Waals surface area contributed by atoms with Crippen molar-refractivity contribution < 1.29 is 23.8 Å². The van der Waals surface area contributed by atoms with Gasteiger partial charge in [0.15, 0.2) is 11.5 Å². The van der Waals surface area contributed by atoms with Gasteiger partial charge in [0.05, 0.1) is 9.97 Å². The van der Waals surface area contributed by atoms with Gasteiger partial charge in [-0.1, -0.05) is 46.9 Å².